The highest BCUT2D eigenvalue weighted by Crippen LogP contribution is 2.44. The zero-order chi connectivity index (χ0) is 22.3. The number of cyclic esters (lactones) is 1. The first-order chi connectivity index (χ1) is 15.5. The third-order valence-corrected chi connectivity index (χ3v) is 7.64. The Hall–Kier alpha value is -2.55. The zero-order valence-electron chi connectivity index (χ0n) is 18.7. The number of rotatable bonds is 4. The van der Waals surface area contributed by atoms with E-state index in [-0.39, 0.29) is 29.6 Å². The van der Waals surface area contributed by atoms with Crippen LogP contribution in [0.2, 0.25) is 0 Å². The maximum Gasteiger partial charge on any atom is 0.414 e. The van der Waals surface area contributed by atoms with E-state index >= 15 is 0 Å². The molecule has 0 bridgehead atoms. The molecule has 5 rings (SSSR count). The fourth-order valence-electron chi connectivity index (χ4n) is 5.85. The average molecular weight is 445 g/mol. The Balaban J connectivity index is 1.34. The number of pyridine rings is 1. The standard InChI is InChI=1S/C23H32N4O5/c1-31-19-13-17(27-11-12-32-22(27)30)14-24-20(19)25-9-2-7-23(15-25)8-10-26(21(23)29)16-3-5-18(28)6-4-16/h13-14,16,18,28H,2-12,15H2,1H3/t16?,18?,23-/m0/s1. The van der Waals surface area contributed by atoms with Gasteiger partial charge >= 0.3 is 6.09 Å². The van der Waals surface area contributed by atoms with Gasteiger partial charge in [-0.15, -0.1) is 0 Å². The molecule has 0 radical (unpaired) electrons. The number of piperidine rings is 1. The van der Waals surface area contributed by atoms with Crippen molar-refractivity contribution in [3.05, 3.63) is 12.3 Å². The van der Waals surface area contributed by atoms with E-state index in [9.17, 15) is 14.7 Å². The number of aliphatic hydroxyl groups excluding tert-OH is 1. The van der Waals surface area contributed by atoms with Gasteiger partial charge < -0.3 is 24.4 Å². The molecule has 9 heteroatoms. The molecule has 4 fully saturated rings. The van der Waals surface area contributed by atoms with Gasteiger partial charge in [0.15, 0.2) is 11.6 Å². The van der Waals surface area contributed by atoms with Crippen LogP contribution in [0.3, 0.4) is 0 Å². The van der Waals surface area contributed by atoms with Gasteiger partial charge in [0.1, 0.15) is 6.61 Å². The van der Waals surface area contributed by atoms with E-state index < -0.39 is 0 Å². The predicted octanol–water partition coefficient (Wildman–Crippen LogP) is 2.17. The van der Waals surface area contributed by atoms with Crippen molar-refractivity contribution < 1.29 is 24.2 Å². The Morgan fingerprint density at radius 3 is 2.69 bits per heavy atom. The van der Waals surface area contributed by atoms with Crippen molar-refractivity contribution in [2.75, 3.05) is 49.7 Å². The first-order valence-electron chi connectivity index (χ1n) is 11.7. The van der Waals surface area contributed by atoms with Crippen molar-refractivity contribution in [3.8, 4) is 5.75 Å². The number of amides is 2. The molecule has 4 aliphatic rings. The molecular formula is C23H32N4O5. The third kappa shape index (κ3) is 3.66. The number of aliphatic hydroxyl groups is 1. The summed E-state index contributed by atoms with van der Waals surface area (Å²) in [5.41, 5.74) is 0.278. The summed E-state index contributed by atoms with van der Waals surface area (Å²) in [4.78, 5) is 36.0. The van der Waals surface area contributed by atoms with E-state index in [4.69, 9.17) is 9.47 Å². The van der Waals surface area contributed by atoms with Crippen LogP contribution in [0.4, 0.5) is 16.3 Å². The second-order valence-corrected chi connectivity index (χ2v) is 9.50. The Labute approximate surface area is 188 Å². The second kappa shape index (κ2) is 8.42. The molecule has 4 heterocycles. The summed E-state index contributed by atoms with van der Waals surface area (Å²) in [6, 6.07) is 2.08. The molecule has 0 unspecified atom stereocenters. The van der Waals surface area contributed by atoms with Gasteiger partial charge in [-0.05, 0) is 44.9 Å². The highest BCUT2D eigenvalue weighted by Gasteiger charge is 2.51. The number of hydrogen-bond acceptors (Lipinski definition) is 7. The summed E-state index contributed by atoms with van der Waals surface area (Å²) in [6.07, 6.45) is 7.13. The van der Waals surface area contributed by atoms with Crippen LogP contribution in [0, 0.1) is 5.41 Å². The number of aromatic nitrogens is 1. The van der Waals surface area contributed by atoms with Crippen LogP contribution in [0.1, 0.15) is 44.9 Å². The summed E-state index contributed by atoms with van der Waals surface area (Å²) in [5, 5.41) is 9.83. The highest BCUT2D eigenvalue weighted by molar-refractivity contribution is 5.90. The van der Waals surface area contributed by atoms with Crippen LogP contribution in [0.15, 0.2) is 12.3 Å². The minimum Gasteiger partial charge on any atom is -0.493 e. The SMILES string of the molecule is COc1cc(N2CCOC2=O)cnc1N1CCC[C@]2(CCN(C3CCC(O)CC3)C2=O)C1. The first-order valence-corrected chi connectivity index (χ1v) is 11.7. The molecule has 3 saturated heterocycles. The molecule has 1 aliphatic carbocycles. The van der Waals surface area contributed by atoms with E-state index in [1.165, 1.54) is 0 Å². The van der Waals surface area contributed by atoms with Gasteiger partial charge in [-0.1, -0.05) is 0 Å². The maximum atomic E-state index is 13.6. The summed E-state index contributed by atoms with van der Waals surface area (Å²) >= 11 is 0. The van der Waals surface area contributed by atoms with Crippen LogP contribution < -0.4 is 14.5 Å². The number of methoxy groups -OCH3 is 1. The highest BCUT2D eigenvalue weighted by atomic mass is 16.6. The summed E-state index contributed by atoms with van der Waals surface area (Å²) in [7, 11) is 1.60. The lowest BCUT2D eigenvalue weighted by molar-refractivity contribution is -0.139. The van der Waals surface area contributed by atoms with Crippen LogP contribution in [-0.2, 0) is 9.53 Å². The largest absolute Gasteiger partial charge is 0.493 e. The number of carbonyl (C=O) groups is 2. The molecule has 174 valence electrons. The molecule has 1 aromatic heterocycles. The minimum absolute atomic E-state index is 0.216. The van der Waals surface area contributed by atoms with Gasteiger partial charge in [0.25, 0.3) is 0 Å². The fraction of sp³-hybridized carbons (Fsp3) is 0.696. The van der Waals surface area contributed by atoms with Gasteiger partial charge in [-0.25, -0.2) is 9.78 Å². The van der Waals surface area contributed by atoms with Crippen molar-refractivity contribution >= 4 is 23.5 Å². The third-order valence-electron chi connectivity index (χ3n) is 7.64. The molecule has 1 aromatic rings. The van der Waals surface area contributed by atoms with Gasteiger partial charge in [0, 0.05) is 31.7 Å². The molecule has 1 spiro atoms. The lowest BCUT2D eigenvalue weighted by Gasteiger charge is -2.41. The maximum absolute atomic E-state index is 13.6. The number of anilines is 2. The van der Waals surface area contributed by atoms with Crippen LogP contribution >= 0.6 is 0 Å². The normalized spacial score (nSPS) is 30.9. The number of hydrogen-bond donors (Lipinski definition) is 1. The Bertz CT molecular complexity index is 887. The fourth-order valence-corrected chi connectivity index (χ4v) is 5.85. The smallest absolute Gasteiger partial charge is 0.414 e. The zero-order valence-corrected chi connectivity index (χ0v) is 18.7. The average Bonchev–Trinajstić information content (AvgIpc) is 3.37. The first kappa shape index (κ1) is 21.3. The molecule has 3 aliphatic heterocycles. The molecular weight excluding hydrogens is 412 g/mol. The van der Waals surface area contributed by atoms with E-state index in [1.54, 1.807) is 18.2 Å². The van der Waals surface area contributed by atoms with E-state index in [0.717, 1.165) is 63.9 Å². The monoisotopic (exact) mass is 444 g/mol. The molecule has 2 amide bonds. The van der Waals surface area contributed by atoms with Crippen LogP contribution in [-0.4, -0.2) is 79.0 Å². The number of nitrogens with zero attached hydrogens (tertiary/aromatic N) is 4. The topological polar surface area (TPSA) is 95.4 Å². The van der Waals surface area contributed by atoms with Gasteiger partial charge in [0.05, 0.1) is 37.1 Å². The van der Waals surface area contributed by atoms with Gasteiger partial charge in [-0.2, -0.15) is 0 Å². The summed E-state index contributed by atoms with van der Waals surface area (Å²) in [6.45, 7) is 3.12. The van der Waals surface area contributed by atoms with Crippen molar-refractivity contribution in [3.63, 3.8) is 0 Å². The minimum atomic E-state index is -0.377. The van der Waals surface area contributed by atoms with E-state index in [0.29, 0.717) is 31.1 Å². The van der Waals surface area contributed by atoms with E-state index in [1.807, 2.05) is 6.07 Å². The molecule has 9 nitrogen and oxygen atoms in total. The predicted molar refractivity (Wildman–Crippen MR) is 118 cm³/mol. The lowest BCUT2D eigenvalue weighted by atomic mass is 9.78. The Morgan fingerprint density at radius 2 is 1.97 bits per heavy atom. The molecule has 1 atom stereocenters. The Morgan fingerprint density at radius 1 is 1.16 bits per heavy atom. The molecule has 1 saturated carbocycles. The van der Waals surface area contributed by atoms with E-state index in [2.05, 4.69) is 14.8 Å². The quantitative estimate of drug-likeness (QED) is 0.760. The Kier molecular flexibility index (Phi) is 5.61. The summed E-state index contributed by atoms with van der Waals surface area (Å²) < 4.78 is 10.7. The summed E-state index contributed by atoms with van der Waals surface area (Å²) in [5.74, 6) is 1.58. The van der Waals surface area contributed by atoms with Gasteiger partial charge in [-0.3, -0.25) is 9.69 Å². The van der Waals surface area contributed by atoms with Crippen molar-refractivity contribution in [2.24, 2.45) is 5.41 Å². The number of carbonyl (C=O) groups excluding carboxylic acids is 2. The van der Waals surface area contributed by atoms with Crippen molar-refractivity contribution in [1.29, 1.82) is 0 Å². The molecule has 0 aromatic carbocycles. The molecule has 32 heavy (non-hydrogen) atoms. The molecule has 1 N–H and O–H groups in total. The van der Waals surface area contributed by atoms with Crippen molar-refractivity contribution in [1.82, 2.24) is 9.88 Å². The van der Waals surface area contributed by atoms with Crippen LogP contribution in [0.25, 0.3) is 0 Å². The van der Waals surface area contributed by atoms with Gasteiger partial charge in [0.2, 0.25) is 5.91 Å². The van der Waals surface area contributed by atoms with Crippen molar-refractivity contribution in [2.45, 2.75) is 57.1 Å². The second-order valence-electron chi connectivity index (χ2n) is 9.50. The number of likely N-dealkylation sites (tertiary alicyclic amines) is 1. The number of ether oxygens (including phenoxy) is 2. The lowest BCUT2D eigenvalue weighted by Crippen LogP contribution is -2.50. The van der Waals surface area contributed by atoms with Crippen LogP contribution in [0.5, 0.6) is 5.75 Å².